The van der Waals surface area contributed by atoms with Crippen LogP contribution in [-0.2, 0) is 15.7 Å². The SMILES string of the molecule is COC(=O)C(=N)c1cc(C(F)(F)F)ccc1N. The Bertz CT molecular complexity index is 469. The fraction of sp³-hybridized carbons (Fsp3) is 0.200. The number of hydrogen-bond acceptors (Lipinski definition) is 4. The van der Waals surface area contributed by atoms with Crippen molar-refractivity contribution in [3.8, 4) is 0 Å². The lowest BCUT2D eigenvalue weighted by Crippen LogP contribution is -2.18. The zero-order valence-electron chi connectivity index (χ0n) is 8.76. The van der Waals surface area contributed by atoms with Crippen LogP contribution in [-0.4, -0.2) is 18.8 Å². The van der Waals surface area contributed by atoms with Crippen LogP contribution in [0.5, 0.6) is 0 Å². The maximum Gasteiger partial charge on any atom is 0.416 e. The molecule has 17 heavy (non-hydrogen) atoms. The highest BCUT2D eigenvalue weighted by molar-refractivity contribution is 6.43. The number of rotatable bonds is 2. The van der Waals surface area contributed by atoms with Crippen molar-refractivity contribution in [3.05, 3.63) is 29.3 Å². The Morgan fingerprint density at radius 3 is 2.47 bits per heavy atom. The number of nitrogens with two attached hydrogens (primary N) is 1. The molecule has 1 aromatic rings. The van der Waals surface area contributed by atoms with Crippen molar-refractivity contribution in [1.82, 2.24) is 0 Å². The number of halogens is 3. The van der Waals surface area contributed by atoms with Crippen LogP contribution in [0, 0.1) is 5.41 Å². The van der Waals surface area contributed by atoms with Crippen molar-refractivity contribution >= 4 is 17.4 Å². The molecular formula is C10H9F3N2O2. The van der Waals surface area contributed by atoms with E-state index >= 15 is 0 Å². The number of carbonyl (C=O) groups excluding carboxylic acids is 1. The Morgan fingerprint density at radius 1 is 1.41 bits per heavy atom. The Kier molecular flexibility index (Phi) is 3.40. The number of alkyl halides is 3. The van der Waals surface area contributed by atoms with Crippen molar-refractivity contribution in [2.75, 3.05) is 12.8 Å². The van der Waals surface area contributed by atoms with Crippen LogP contribution in [0.3, 0.4) is 0 Å². The fourth-order valence-electron chi connectivity index (χ4n) is 1.16. The number of hydrogen-bond donors (Lipinski definition) is 2. The van der Waals surface area contributed by atoms with Crippen LogP contribution in [0.4, 0.5) is 18.9 Å². The van der Waals surface area contributed by atoms with E-state index in [0.717, 1.165) is 19.2 Å². The number of carbonyl (C=O) groups is 1. The number of anilines is 1. The fourth-order valence-corrected chi connectivity index (χ4v) is 1.16. The molecule has 7 heteroatoms. The highest BCUT2D eigenvalue weighted by Gasteiger charge is 2.31. The molecule has 0 aliphatic carbocycles. The van der Waals surface area contributed by atoms with Gasteiger partial charge in [-0.15, -0.1) is 0 Å². The summed E-state index contributed by atoms with van der Waals surface area (Å²) < 4.78 is 41.5. The summed E-state index contributed by atoms with van der Waals surface area (Å²) in [5.41, 5.74) is 3.33. The second kappa shape index (κ2) is 4.44. The normalized spacial score (nSPS) is 11.1. The molecule has 0 aliphatic rings. The molecule has 0 radical (unpaired) electrons. The van der Waals surface area contributed by atoms with Crippen LogP contribution >= 0.6 is 0 Å². The van der Waals surface area contributed by atoms with E-state index in [-0.39, 0.29) is 11.3 Å². The molecule has 0 amide bonds. The first-order chi connectivity index (χ1) is 7.77. The van der Waals surface area contributed by atoms with Gasteiger partial charge in [0.15, 0.2) is 0 Å². The van der Waals surface area contributed by atoms with E-state index in [9.17, 15) is 18.0 Å². The minimum atomic E-state index is -4.56. The van der Waals surface area contributed by atoms with Crippen LogP contribution in [0.15, 0.2) is 18.2 Å². The zero-order valence-corrected chi connectivity index (χ0v) is 8.76. The number of nitrogens with one attached hydrogen (secondary N) is 1. The summed E-state index contributed by atoms with van der Waals surface area (Å²) >= 11 is 0. The lowest BCUT2D eigenvalue weighted by atomic mass is 10.0. The molecule has 92 valence electrons. The largest absolute Gasteiger partial charge is 0.464 e. The van der Waals surface area contributed by atoms with Gasteiger partial charge < -0.3 is 10.5 Å². The minimum absolute atomic E-state index is 0.0894. The van der Waals surface area contributed by atoms with Gasteiger partial charge in [-0.3, -0.25) is 5.41 Å². The average molecular weight is 246 g/mol. The van der Waals surface area contributed by atoms with E-state index in [2.05, 4.69) is 4.74 Å². The maximum atomic E-state index is 12.4. The van der Waals surface area contributed by atoms with Gasteiger partial charge in [-0.1, -0.05) is 0 Å². The van der Waals surface area contributed by atoms with E-state index in [1.54, 1.807) is 0 Å². The summed E-state index contributed by atoms with van der Waals surface area (Å²) in [6, 6.07) is 2.42. The van der Waals surface area contributed by atoms with Gasteiger partial charge in [0.1, 0.15) is 5.71 Å². The van der Waals surface area contributed by atoms with Crippen molar-refractivity contribution in [1.29, 1.82) is 5.41 Å². The number of benzene rings is 1. The molecule has 0 aliphatic heterocycles. The lowest BCUT2D eigenvalue weighted by molar-refractivity contribution is -0.137. The van der Waals surface area contributed by atoms with Crippen molar-refractivity contribution in [2.24, 2.45) is 0 Å². The van der Waals surface area contributed by atoms with Crippen LogP contribution < -0.4 is 5.73 Å². The minimum Gasteiger partial charge on any atom is -0.464 e. The molecule has 4 nitrogen and oxygen atoms in total. The Balaban J connectivity index is 3.25. The second-order valence-corrected chi connectivity index (χ2v) is 3.17. The third kappa shape index (κ3) is 2.74. The average Bonchev–Trinajstić information content (AvgIpc) is 2.26. The first-order valence-electron chi connectivity index (χ1n) is 4.41. The van der Waals surface area contributed by atoms with Gasteiger partial charge in [0.05, 0.1) is 12.7 Å². The zero-order chi connectivity index (χ0) is 13.2. The second-order valence-electron chi connectivity index (χ2n) is 3.17. The van der Waals surface area contributed by atoms with E-state index in [1.165, 1.54) is 0 Å². The molecule has 0 fully saturated rings. The highest BCUT2D eigenvalue weighted by atomic mass is 19.4. The van der Waals surface area contributed by atoms with Gasteiger partial charge in [-0.2, -0.15) is 13.2 Å². The molecule has 1 rings (SSSR count). The Labute approximate surface area is 94.7 Å². The lowest BCUT2D eigenvalue weighted by Gasteiger charge is -2.10. The molecule has 1 aromatic carbocycles. The topological polar surface area (TPSA) is 76.2 Å². The smallest absolute Gasteiger partial charge is 0.416 e. The number of esters is 1. The van der Waals surface area contributed by atoms with E-state index in [0.29, 0.717) is 6.07 Å². The molecule has 0 heterocycles. The molecule has 0 aromatic heterocycles. The van der Waals surface area contributed by atoms with E-state index in [4.69, 9.17) is 11.1 Å². The standard InChI is InChI=1S/C10H9F3N2O2/c1-17-9(16)8(15)6-4-5(10(11,12)13)2-3-7(6)14/h2-4,15H,14H2,1H3. The van der Waals surface area contributed by atoms with Gasteiger partial charge >= 0.3 is 12.1 Å². The Morgan fingerprint density at radius 2 is 2.00 bits per heavy atom. The third-order valence-corrected chi connectivity index (χ3v) is 2.04. The van der Waals surface area contributed by atoms with Gasteiger partial charge in [0.25, 0.3) is 0 Å². The van der Waals surface area contributed by atoms with Crippen molar-refractivity contribution in [2.45, 2.75) is 6.18 Å². The van der Waals surface area contributed by atoms with Crippen molar-refractivity contribution in [3.63, 3.8) is 0 Å². The summed E-state index contributed by atoms with van der Waals surface area (Å²) in [7, 11) is 1.03. The first kappa shape index (κ1) is 13.0. The van der Waals surface area contributed by atoms with E-state index < -0.39 is 23.4 Å². The van der Waals surface area contributed by atoms with Crippen molar-refractivity contribution < 1.29 is 22.7 Å². The van der Waals surface area contributed by atoms with Crippen LogP contribution in [0.2, 0.25) is 0 Å². The molecule has 0 bridgehead atoms. The molecule has 0 saturated heterocycles. The summed E-state index contributed by atoms with van der Waals surface area (Å²) in [6.45, 7) is 0. The molecule has 0 saturated carbocycles. The quantitative estimate of drug-likeness (QED) is 0.475. The molecule has 0 unspecified atom stereocenters. The number of methoxy groups -OCH3 is 1. The number of nitrogen functional groups attached to an aromatic ring is 1. The number of ether oxygens (including phenoxy) is 1. The van der Waals surface area contributed by atoms with Gasteiger partial charge in [-0.25, -0.2) is 4.79 Å². The summed E-state index contributed by atoms with van der Waals surface area (Å²) in [6.07, 6.45) is -4.56. The molecule has 3 N–H and O–H groups in total. The highest BCUT2D eigenvalue weighted by Crippen LogP contribution is 2.31. The van der Waals surface area contributed by atoms with Gasteiger partial charge in [0, 0.05) is 11.3 Å². The third-order valence-electron chi connectivity index (χ3n) is 2.04. The predicted octanol–water partition coefficient (Wildman–Crippen LogP) is 1.83. The molecule has 0 atom stereocenters. The van der Waals surface area contributed by atoms with Crippen LogP contribution in [0.25, 0.3) is 0 Å². The first-order valence-corrected chi connectivity index (χ1v) is 4.41. The molecule has 0 spiro atoms. The summed E-state index contributed by atoms with van der Waals surface area (Å²) in [5.74, 6) is -1.05. The van der Waals surface area contributed by atoms with E-state index in [1.807, 2.05) is 0 Å². The Hall–Kier alpha value is -2.05. The summed E-state index contributed by atoms with van der Waals surface area (Å²) in [5, 5.41) is 7.36. The maximum absolute atomic E-state index is 12.4. The van der Waals surface area contributed by atoms with Crippen LogP contribution in [0.1, 0.15) is 11.1 Å². The molecular weight excluding hydrogens is 237 g/mol. The van der Waals surface area contributed by atoms with Gasteiger partial charge in [-0.05, 0) is 18.2 Å². The predicted molar refractivity (Wildman–Crippen MR) is 54.7 cm³/mol. The van der Waals surface area contributed by atoms with Gasteiger partial charge in [0.2, 0.25) is 0 Å². The monoisotopic (exact) mass is 246 g/mol. The summed E-state index contributed by atoms with van der Waals surface area (Å²) in [4.78, 5) is 11.0.